The highest BCUT2D eigenvalue weighted by atomic mass is 32.2. The lowest BCUT2D eigenvalue weighted by Gasteiger charge is -2.06. The van der Waals surface area contributed by atoms with Crippen LogP contribution in [-0.4, -0.2) is 28.4 Å². The Balaban J connectivity index is 1.43. The molecule has 146 valence electrons. The van der Waals surface area contributed by atoms with Gasteiger partial charge in [0.15, 0.2) is 4.34 Å². The molecule has 1 amide bonds. The molecular formula is C20H21FN4OS2. The Morgan fingerprint density at radius 2 is 2.00 bits per heavy atom. The first kappa shape index (κ1) is 20.3. The number of nitrogens with one attached hydrogen (secondary N) is 2. The molecule has 8 heteroatoms. The average molecular weight is 417 g/mol. The van der Waals surface area contributed by atoms with Gasteiger partial charge in [-0.05, 0) is 43.5 Å². The summed E-state index contributed by atoms with van der Waals surface area (Å²) in [5.74, 6) is -0.112. The molecule has 0 radical (unpaired) electrons. The van der Waals surface area contributed by atoms with E-state index in [9.17, 15) is 9.18 Å². The molecule has 2 N–H and O–H groups in total. The van der Waals surface area contributed by atoms with Gasteiger partial charge in [0.2, 0.25) is 11.0 Å². The first-order valence-electron chi connectivity index (χ1n) is 8.82. The monoisotopic (exact) mass is 416 g/mol. The third-order valence-corrected chi connectivity index (χ3v) is 6.00. The number of carbonyl (C=O) groups is 1. The zero-order valence-electron chi connectivity index (χ0n) is 15.7. The lowest BCUT2D eigenvalue weighted by atomic mass is 10.1. The highest BCUT2D eigenvalue weighted by molar-refractivity contribution is 8.01. The molecule has 1 heterocycles. The van der Waals surface area contributed by atoms with Gasteiger partial charge in [-0.1, -0.05) is 59.0 Å². The minimum Gasteiger partial charge on any atom is -0.355 e. The van der Waals surface area contributed by atoms with Crippen molar-refractivity contribution in [3.05, 3.63) is 65.0 Å². The van der Waals surface area contributed by atoms with Crippen LogP contribution in [0.2, 0.25) is 0 Å². The van der Waals surface area contributed by atoms with Crippen molar-refractivity contribution < 1.29 is 9.18 Å². The van der Waals surface area contributed by atoms with E-state index in [1.54, 1.807) is 18.2 Å². The summed E-state index contributed by atoms with van der Waals surface area (Å²) in [4.78, 5) is 12.0. The van der Waals surface area contributed by atoms with Crippen molar-refractivity contribution in [2.75, 3.05) is 17.6 Å². The predicted octanol–water partition coefficient (Wildman–Crippen LogP) is 4.49. The standard InChI is InChI=1S/C20H21FN4OS2/c1-13-7-8-17(14(2)11-13)23-19-24-25-20(28-19)27-12-18(26)22-10-9-15-5-3-4-6-16(15)21/h3-8,11H,9-10,12H2,1-2H3,(H,22,26)(H,23,24). The molecule has 5 nitrogen and oxygen atoms in total. The molecule has 0 spiro atoms. The third-order valence-electron chi connectivity index (χ3n) is 4.03. The van der Waals surface area contributed by atoms with Crippen molar-refractivity contribution in [3.8, 4) is 0 Å². The zero-order chi connectivity index (χ0) is 19.9. The van der Waals surface area contributed by atoms with Gasteiger partial charge in [-0.25, -0.2) is 4.39 Å². The molecule has 0 aliphatic heterocycles. The van der Waals surface area contributed by atoms with Gasteiger partial charge in [0.1, 0.15) is 5.82 Å². The third kappa shape index (κ3) is 5.77. The largest absolute Gasteiger partial charge is 0.355 e. The Kier molecular flexibility index (Phi) is 7.00. The topological polar surface area (TPSA) is 66.9 Å². The fraction of sp³-hybridized carbons (Fsp3) is 0.250. The van der Waals surface area contributed by atoms with E-state index in [0.29, 0.717) is 23.7 Å². The van der Waals surface area contributed by atoms with Gasteiger partial charge >= 0.3 is 0 Å². The Hall–Kier alpha value is -2.45. The summed E-state index contributed by atoms with van der Waals surface area (Å²) < 4.78 is 14.3. The fourth-order valence-corrected chi connectivity index (χ4v) is 4.20. The van der Waals surface area contributed by atoms with Crippen LogP contribution in [0, 0.1) is 19.7 Å². The van der Waals surface area contributed by atoms with Gasteiger partial charge in [-0.3, -0.25) is 4.79 Å². The summed E-state index contributed by atoms with van der Waals surface area (Å²) in [6.45, 7) is 4.49. The summed E-state index contributed by atoms with van der Waals surface area (Å²) >= 11 is 2.74. The van der Waals surface area contributed by atoms with Gasteiger partial charge in [0.25, 0.3) is 0 Å². The van der Waals surface area contributed by atoms with Crippen molar-refractivity contribution in [2.24, 2.45) is 0 Å². The van der Waals surface area contributed by atoms with E-state index < -0.39 is 0 Å². The highest BCUT2D eigenvalue weighted by Gasteiger charge is 2.09. The van der Waals surface area contributed by atoms with Crippen molar-refractivity contribution in [1.29, 1.82) is 0 Å². The normalized spacial score (nSPS) is 10.7. The summed E-state index contributed by atoms with van der Waals surface area (Å²) in [5, 5.41) is 15.0. The van der Waals surface area contributed by atoms with Crippen molar-refractivity contribution in [3.63, 3.8) is 0 Å². The van der Waals surface area contributed by atoms with E-state index in [4.69, 9.17) is 0 Å². The maximum Gasteiger partial charge on any atom is 0.230 e. The minimum absolute atomic E-state index is 0.111. The summed E-state index contributed by atoms with van der Waals surface area (Å²) in [7, 11) is 0. The lowest BCUT2D eigenvalue weighted by molar-refractivity contribution is -0.118. The number of hydrogen-bond donors (Lipinski definition) is 2. The number of rotatable bonds is 8. The number of amides is 1. The Morgan fingerprint density at radius 3 is 2.79 bits per heavy atom. The van der Waals surface area contributed by atoms with Crippen molar-refractivity contribution in [1.82, 2.24) is 15.5 Å². The molecule has 0 atom stereocenters. The maximum atomic E-state index is 13.6. The summed E-state index contributed by atoms with van der Waals surface area (Å²) in [5.41, 5.74) is 3.93. The first-order chi connectivity index (χ1) is 13.5. The summed E-state index contributed by atoms with van der Waals surface area (Å²) in [6.07, 6.45) is 0.464. The van der Waals surface area contributed by atoms with Crippen LogP contribution in [0.25, 0.3) is 0 Å². The number of aryl methyl sites for hydroxylation is 2. The molecule has 0 aliphatic carbocycles. The summed E-state index contributed by atoms with van der Waals surface area (Å²) in [6, 6.07) is 12.7. The van der Waals surface area contributed by atoms with E-state index in [1.165, 1.54) is 34.7 Å². The van der Waals surface area contributed by atoms with Crippen molar-refractivity contribution >= 4 is 39.8 Å². The molecule has 3 rings (SSSR count). The molecule has 28 heavy (non-hydrogen) atoms. The van der Waals surface area contributed by atoms with E-state index in [0.717, 1.165) is 15.6 Å². The molecule has 0 fully saturated rings. The Labute approximate surface area is 171 Å². The van der Waals surface area contributed by atoms with Crippen LogP contribution in [0.1, 0.15) is 16.7 Å². The zero-order valence-corrected chi connectivity index (χ0v) is 17.3. The Bertz CT molecular complexity index is 961. The van der Waals surface area contributed by atoms with E-state index in [-0.39, 0.29) is 17.5 Å². The number of halogens is 1. The van der Waals surface area contributed by atoms with Crippen LogP contribution < -0.4 is 10.6 Å². The minimum atomic E-state index is -0.246. The molecular weight excluding hydrogens is 395 g/mol. The van der Waals surface area contributed by atoms with Gasteiger partial charge < -0.3 is 10.6 Å². The van der Waals surface area contributed by atoms with Gasteiger partial charge in [-0.15, -0.1) is 10.2 Å². The quantitative estimate of drug-likeness (QED) is 0.530. The second kappa shape index (κ2) is 9.66. The van der Waals surface area contributed by atoms with E-state index >= 15 is 0 Å². The number of hydrogen-bond acceptors (Lipinski definition) is 6. The van der Waals surface area contributed by atoms with Gasteiger partial charge in [0, 0.05) is 12.2 Å². The second-order valence-corrected chi connectivity index (χ2v) is 8.50. The van der Waals surface area contributed by atoms with Crippen LogP contribution in [0.5, 0.6) is 0 Å². The maximum absolute atomic E-state index is 13.6. The number of benzene rings is 2. The van der Waals surface area contributed by atoms with Crippen LogP contribution in [0.4, 0.5) is 15.2 Å². The van der Waals surface area contributed by atoms with Gasteiger partial charge in [-0.2, -0.15) is 0 Å². The highest BCUT2D eigenvalue weighted by Crippen LogP contribution is 2.28. The molecule has 0 saturated heterocycles. The van der Waals surface area contributed by atoms with Crippen LogP contribution in [0.3, 0.4) is 0 Å². The number of thioether (sulfide) groups is 1. The molecule has 0 aliphatic rings. The second-order valence-electron chi connectivity index (χ2n) is 6.30. The molecule has 2 aromatic carbocycles. The first-order valence-corrected chi connectivity index (χ1v) is 10.6. The van der Waals surface area contributed by atoms with E-state index in [1.807, 2.05) is 19.1 Å². The number of anilines is 2. The lowest BCUT2D eigenvalue weighted by Crippen LogP contribution is -2.27. The SMILES string of the molecule is Cc1ccc(Nc2nnc(SCC(=O)NCCc3ccccc3F)s2)c(C)c1. The Morgan fingerprint density at radius 1 is 1.18 bits per heavy atom. The van der Waals surface area contributed by atoms with Gasteiger partial charge in [0.05, 0.1) is 5.75 Å². The number of nitrogens with zero attached hydrogens (tertiary/aromatic N) is 2. The molecule has 0 saturated carbocycles. The smallest absolute Gasteiger partial charge is 0.230 e. The molecule has 0 bridgehead atoms. The number of aromatic nitrogens is 2. The predicted molar refractivity (Wildman–Crippen MR) is 113 cm³/mol. The van der Waals surface area contributed by atoms with Crippen LogP contribution in [-0.2, 0) is 11.2 Å². The van der Waals surface area contributed by atoms with Crippen LogP contribution >= 0.6 is 23.1 Å². The van der Waals surface area contributed by atoms with Crippen LogP contribution in [0.15, 0.2) is 46.8 Å². The average Bonchev–Trinajstić information content (AvgIpc) is 3.11. The molecule has 0 unspecified atom stereocenters. The van der Waals surface area contributed by atoms with Crippen molar-refractivity contribution in [2.45, 2.75) is 24.6 Å². The van der Waals surface area contributed by atoms with E-state index in [2.05, 4.69) is 33.8 Å². The molecule has 1 aromatic heterocycles. The number of carbonyl (C=O) groups excluding carboxylic acids is 1. The fourth-order valence-electron chi connectivity index (χ4n) is 2.60. The molecule has 3 aromatic rings.